The molecule has 3 aromatic rings. The van der Waals surface area contributed by atoms with Gasteiger partial charge in [-0.2, -0.15) is 18.2 Å². The smallest absolute Gasteiger partial charge is 0.471 e. The van der Waals surface area contributed by atoms with E-state index in [-0.39, 0.29) is 29.0 Å². The number of alkyl halides is 3. The summed E-state index contributed by atoms with van der Waals surface area (Å²) in [5.74, 6) is -1.50. The second-order valence-corrected chi connectivity index (χ2v) is 4.81. The highest BCUT2D eigenvalue weighted by Gasteiger charge is 2.38. The molecule has 24 heavy (non-hydrogen) atoms. The van der Waals surface area contributed by atoms with Crippen LogP contribution in [0.3, 0.4) is 0 Å². The van der Waals surface area contributed by atoms with Crippen molar-refractivity contribution in [2.45, 2.75) is 12.8 Å². The molecule has 0 aliphatic heterocycles. The topological polar surface area (TPSA) is 86.8 Å². The van der Waals surface area contributed by atoms with Gasteiger partial charge in [-0.15, -0.1) is 0 Å². The predicted octanol–water partition coefficient (Wildman–Crippen LogP) is 3.17. The Hall–Kier alpha value is -2.75. The van der Waals surface area contributed by atoms with Gasteiger partial charge < -0.3 is 9.26 Å². The summed E-state index contributed by atoms with van der Waals surface area (Å²) in [6, 6.07) is 2.81. The molecule has 0 atom stereocenters. The van der Waals surface area contributed by atoms with Crippen molar-refractivity contribution in [3.63, 3.8) is 0 Å². The van der Waals surface area contributed by atoms with E-state index in [2.05, 4.69) is 29.6 Å². The highest BCUT2D eigenvalue weighted by molar-refractivity contribution is 6.29. The van der Waals surface area contributed by atoms with Crippen LogP contribution in [-0.4, -0.2) is 25.1 Å². The van der Waals surface area contributed by atoms with Crippen molar-refractivity contribution in [3.05, 3.63) is 47.5 Å². The molecule has 7 nitrogen and oxygen atoms in total. The van der Waals surface area contributed by atoms with Gasteiger partial charge in [0.05, 0.1) is 18.1 Å². The first kappa shape index (κ1) is 16.1. The highest BCUT2D eigenvalue weighted by Crippen LogP contribution is 2.29. The van der Waals surface area contributed by atoms with Crippen molar-refractivity contribution in [1.82, 2.24) is 25.1 Å². The van der Waals surface area contributed by atoms with Crippen molar-refractivity contribution in [3.8, 4) is 17.3 Å². The third-order valence-electron chi connectivity index (χ3n) is 2.68. The fourth-order valence-corrected chi connectivity index (χ4v) is 1.85. The summed E-state index contributed by atoms with van der Waals surface area (Å²) in [6.07, 6.45) is -0.524. The standard InChI is InChI=1S/C13H7ClF3N5O2/c14-9-5-18-4-8(20-9)6-23-10-3-7(1-2-19-10)11-21-12(24-22-11)13(15,16)17/h1-5H,6H2. The lowest BCUT2D eigenvalue weighted by Gasteiger charge is -2.05. The first-order chi connectivity index (χ1) is 11.4. The fraction of sp³-hybridized carbons (Fsp3) is 0.154. The van der Waals surface area contributed by atoms with Gasteiger partial charge in [0.15, 0.2) is 0 Å². The molecule has 3 heterocycles. The normalized spacial score (nSPS) is 11.5. The van der Waals surface area contributed by atoms with Crippen LogP contribution in [0.4, 0.5) is 13.2 Å². The van der Waals surface area contributed by atoms with Gasteiger partial charge in [0.2, 0.25) is 11.7 Å². The SMILES string of the molecule is FC(F)(F)c1nc(-c2ccnc(OCc3cncc(Cl)n3)c2)no1. The van der Waals surface area contributed by atoms with E-state index in [0.717, 1.165) is 0 Å². The summed E-state index contributed by atoms with van der Waals surface area (Å²) >= 11 is 5.71. The molecule has 0 saturated carbocycles. The molecule has 0 aromatic carbocycles. The number of hydrogen-bond acceptors (Lipinski definition) is 7. The maximum Gasteiger partial charge on any atom is 0.471 e. The maximum atomic E-state index is 12.5. The van der Waals surface area contributed by atoms with Crippen molar-refractivity contribution < 1.29 is 22.4 Å². The molecule has 0 bridgehead atoms. The molecule has 3 rings (SSSR count). The van der Waals surface area contributed by atoms with Gasteiger partial charge in [0, 0.05) is 17.8 Å². The maximum absolute atomic E-state index is 12.5. The minimum absolute atomic E-state index is 0.0318. The van der Waals surface area contributed by atoms with Crippen LogP contribution in [0.25, 0.3) is 11.4 Å². The van der Waals surface area contributed by atoms with Gasteiger partial charge in [-0.1, -0.05) is 16.8 Å². The Balaban J connectivity index is 1.75. The Kier molecular flexibility index (Phi) is 4.30. The lowest BCUT2D eigenvalue weighted by atomic mass is 10.2. The fourth-order valence-electron chi connectivity index (χ4n) is 1.68. The number of halogens is 4. The highest BCUT2D eigenvalue weighted by atomic mass is 35.5. The third-order valence-corrected chi connectivity index (χ3v) is 2.87. The molecule has 0 aliphatic carbocycles. The van der Waals surface area contributed by atoms with Crippen LogP contribution in [0.1, 0.15) is 11.6 Å². The first-order valence-electron chi connectivity index (χ1n) is 6.38. The second-order valence-electron chi connectivity index (χ2n) is 4.43. The number of hydrogen-bond donors (Lipinski definition) is 0. The Morgan fingerprint density at radius 2 is 2.04 bits per heavy atom. The van der Waals surface area contributed by atoms with E-state index in [1.165, 1.54) is 30.7 Å². The van der Waals surface area contributed by atoms with E-state index < -0.39 is 12.1 Å². The molecule has 0 unspecified atom stereocenters. The summed E-state index contributed by atoms with van der Waals surface area (Å²) in [6.45, 7) is 0.0318. The zero-order valence-electron chi connectivity index (χ0n) is 11.7. The van der Waals surface area contributed by atoms with Crippen molar-refractivity contribution in [2.75, 3.05) is 0 Å². The molecular formula is C13H7ClF3N5O2. The van der Waals surface area contributed by atoms with Crippen LogP contribution in [0.15, 0.2) is 35.2 Å². The van der Waals surface area contributed by atoms with Crippen LogP contribution in [0.5, 0.6) is 5.88 Å². The number of pyridine rings is 1. The Bertz CT molecular complexity index is 855. The second kappa shape index (κ2) is 6.40. The van der Waals surface area contributed by atoms with Gasteiger partial charge in [-0.05, 0) is 6.07 Å². The molecule has 0 N–H and O–H groups in total. The Morgan fingerprint density at radius 3 is 2.75 bits per heavy atom. The first-order valence-corrected chi connectivity index (χ1v) is 6.76. The molecule has 3 aromatic heterocycles. The third kappa shape index (κ3) is 3.77. The number of rotatable bonds is 4. The van der Waals surface area contributed by atoms with Crippen LogP contribution >= 0.6 is 11.6 Å². The number of nitrogens with zero attached hydrogens (tertiary/aromatic N) is 5. The van der Waals surface area contributed by atoms with Gasteiger partial charge >= 0.3 is 12.1 Å². The minimum Gasteiger partial charge on any atom is -0.471 e. The average molecular weight is 358 g/mol. The number of ether oxygens (including phenoxy) is 1. The molecule has 0 radical (unpaired) electrons. The van der Waals surface area contributed by atoms with Crippen molar-refractivity contribution in [2.24, 2.45) is 0 Å². The Morgan fingerprint density at radius 1 is 1.21 bits per heavy atom. The van der Waals surface area contributed by atoms with Crippen molar-refractivity contribution in [1.29, 1.82) is 0 Å². The summed E-state index contributed by atoms with van der Waals surface area (Å²) in [5, 5.41) is 3.51. The molecular weight excluding hydrogens is 351 g/mol. The minimum atomic E-state index is -4.71. The molecule has 11 heteroatoms. The van der Waals surface area contributed by atoms with E-state index in [1.807, 2.05) is 0 Å². The van der Waals surface area contributed by atoms with Crippen LogP contribution in [0.2, 0.25) is 5.15 Å². The zero-order valence-corrected chi connectivity index (χ0v) is 12.4. The molecule has 0 aliphatic rings. The van der Waals surface area contributed by atoms with E-state index in [0.29, 0.717) is 5.69 Å². The summed E-state index contributed by atoms with van der Waals surface area (Å²) < 4.78 is 47.0. The van der Waals surface area contributed by atoms with Crippen LogP contribution in [-0.2, 0) is 12.8 Å². The summed E-state index contributed by atoms with van der Waals surface area (Å²) in [4.78, 5) is 15.1. The van der Waals surface area contributed by atoms with Gasteiger partial charge in [-0.25, -0.2) is 9.97 Å². The Labute approximate surface area is 137 Å². The lowest BCUT2D eigenvalue weighted by molar-refractivity contribution is -0.159. The summed E-state index contributed by atoms with van der Waals surface area (Å²) in [7, 11) is 0. The molecule has 0 spiro atoms. The molecule has 0 saturated heterocycles. The lowest BCUT2D eigenvalue weighted by Crippen LogP contribution is -2.04. The van der Waals surface area contributed by atoms with E-state index in [1.54, 1.807) is 0 Å². The van der Waals surface area contributed by atoms with Crippen LogP contribution in [0, 0.1) is 0 Å². The van der Waals surface area contributed by atoms with Crippen LogP contribution < -0.4 is 4.74 Å². The molecule has 0 amide bonds. The predicted molar refractivity (Wildman–Crippen MR) is 73.9 cm³/mol. The zero-order chi connectivity index (χ0) is 17.2. The average Bonchev–Trinajstić information content (AvgIpc) is 3.04. The monoisotopic (exact) mass is 357 g/mol. The van der Waals surface area contributed by atoms with Gasteiger partial charge in [-0.3, -0.25) is 4.98 Å². The van der Waals surface area contributed by atoms with E-state index in [9.17, 15) is 13.2 Å². The summed E-state index contributed by atoms with van der Waals surface area (Å²) in [5.41, 5.74) is 0.727. The van der Waals surface area contributed by atoms with E-state index >= 15 is 0 Å². The van der Waals surface area contributed by atoms with E-state index in [4.69, 9.17) is 16.3 Å². The van der Waals surface area contributed by atoms with Gasteiger partial charge in [0.1, 0.15) is 11.8 Å². The molecule has 0 fully saturated rings. The number of aromatic nitrogens is 5. The quantitative estimate of drug-likeness (QED) is 0.708. The van der Waals surface area contributed by atoms with Gasteiger partial charge in [0.25, 0.3) is 0 Å². The largest absolute Gasteiger partial charge is 0.471 e. The van der Waals surface area contributed by atoms with Crippen molar-refractivity contribution >= 4 is 11.6 Å². The molecule has 124 valence electrons.